The highest BCUT2D eigenvalue weighted by molar-refractivity contribution is 6.22. The first-order valence-corrected chi connectivity index (χ1v) is 10.7. The Hall–Kier alpha value is -2.93. The van der Waals surface area contributed by atoms with Crippen LogP contribution in [0, 0.1) is 0 Å². The average molecular weight is 409 g/mol. The predicted octanol–water partition coefficient (Wildman–Crippen LogP) is 2.71. The van der Waals surface area contributed by atoms with Gasteiger partial charge in [0.25, 0.3) is 5.91 Å². The summed E-state index contributed by atoms with van der Waals surface area (Å²) in [6.45, 7) is 5.84. The van der Waals surface area contributed by atoms with Gasteiger partial charge < -0.3 is 9.64 Å². The van der Waals surface area contributed by atoms with Crippen LogP contribution >= 0.6 is 0 Å². The number of carbonyl (C=O) groups is 2. The van der Waals surface area contributed by atoms with Crippen molar-refractivity contribution in [2.75, 3.05) is 42.6 Å². The van der Waals surface area contributed by atoms with Crippen LogP contribution < -0.4 is 14.5 Å². The number of pyridine rings is 1. The molecule has 2 aliphatic rings. The number of hydrogen-bond acceptors (Lipinski definition) is 6. The van der Waals surface area contributed by atoms with Gasteiger partial charge in [0.05, 0.1) is 24.8 Å². The van der Waals surface area contributed by atoms with Crippen molar-refractivity contribution in [2.24, 2.45) is 0 Å². The van der Waals surface area contributed by atoms with Crippen LogP contribution in [0.15, 0.2) is 48.7 Å². The standard InChI is InChI=1S/C23H28N4O3/c1-2-3-16-30-19-9-7-18(8-10-19)27-22(28)17-20(23(27)29)25-12-14-26(15-13-25)21-6-4-5-11-24-21/h4-11,20H,2-3,12-17H2,1H3/t20-/m0/s1. The Morgan fingerprint density at radius 3 is 2.47 bits per heavy atom. The SMILES string of the molecule is CCCCOc1ccc(N2C(=O)C[C@H](N3CCN(c4ccccn4)CC3)C2=O)cc1. The highest BCUT2D eigenvalue weighted by Crippen LogP contribution is 2.28. The van der Waals surface area contributed by atoms with Crippen LogP contribution in [0.1, 0.15) is 26.2 Å². The zero-order valence-corrected chi connectivity index (χ0v) is 17.4. The van der Waals surface area contributed by atoms with Crippen LogP contribution in [0.4, 0.5) is 11.5 Å². The van der Waals surface area contributed by atoms with Crippen molar-refractivity contribution in [3.8, 4) is 5.75 Å². The third kappa shape index (κ3) is 4.31. The molecule has 7 heteroatoms. The summed E-state index contributed by atoms with van der Waals surface area (Å²) < 4.78 is 5.67. The van der Waals surface area contributed by atoms with Crippen LogP contribution in [0.25, 0.3) is 0 Å². The molecule has 2 fully saturated rings. The molecule has 0 unspecified atom stereocenters. The zero-order chi connectivity index (χ0) is 20.9. The number of hydrogen-bond donors (Lipinski definition) is 0. The number of amides is 2. The number of rotatable bonds is 7. The summed E-state index contributed by atoms with van der Waals surface area (Å²) in [5, 5.41) is 0. The van der Waals surface area contributed by atoms with Gasteiger partial charge in [-0.15, -0.1) is 0 Å². The molecule has 1 atom stereocenters. The van der Waals surface area contributed by atoms with E-state index in [1.807, 2.05) is 30.3 Å². The molecular weight excluding hydrogens is 380 g/mol. The second-order valence-electron chi connectivity index (χ2n) is 7.69. The van der Waals surface area contributed by atoms with E-state index in [0.717, 1.165) is 50.6 Å². The maximum atomic E-state index is 13.1. The van der Waals surface area contributed by atoms with Crippen LogP contribution in [0.2, 0.25) is 0 Å². The summed E-state index contributed by atoms with van der Waals surface area (Å²) in [5.74, 6) is 1.44. The highest BCUT2D eigenvalue weighted by Gasteiger charge is 2.43. The summed E-state index contributed by atoms with van der Waals surface area (Å²) in [4.78, 5) is 35.8. The Labute approximate surface area is 177 Å². The maximum absolute atomic E-state index is 13.1. The molecule has 30 heavy (non-hydrogen) atoms. The van der Waals surface area contributed by atoms with Crippen molar-refractivity contribution >= 4 is 23.3 Å². The van der Waals surface area contributed by atoms with Crippen LogP contribution in [0.3, 0.4) is 0 Å². The third-order valence-electron chi connectivity index (χ3n) is 5.71. The maximum Gasteiger partial charge on any atom is 0.251 e. The number of ether oxygens (including phenoxy) is 1. The number of piperazine rings is 1. The normalized spacial score (nSPS) is 20.1. The van der Waals surface area contributed by atoms with Crippen molar-refractivity contribution in [3.05, 3.63) is 48.7 Å². The molecule has 0 N–H and O–H groups in total. The molecule has 0 saturated carbocycles. The highest BCUT2D eigenvalue weighted by atomic mass is 16.5. The number of anilines is 2. The lowest BCUT2D eigenvalue weighted by atomic mass is 10.1. The van der Waals surface area contributed by atoms with Gasteiger partial charge in [0, 0.05) is 32.4 Å². The summed E-state index contributed by atoms with van der Waals surface area (Å²) >= 11 is 0. The van der Waals surface area contributed by atoms with Gasteiger partial charge in [0.15, 0.2) is 0 Å². The fourth-order valence-electron chi connectivity index (χ4n) is 4.00. The first kappa shape index (κ1) is 20.3. The lowest BCUT2D eigenvalue weighted by Crippen LogP contribution is -2.52. The Balaban J connectivity index is 1.37. The van der Waals surface area contributed by atoms with Gasteiger partial charge in [0.1, 0.15) is 11.6 Å². The number of aromatic nitrogens is 1. The van der Waals surface area contributed by atoms with E-state index in [1.54, 1.807) is 18.3 Å². The van der Waals surface area contributed by atoms with Crippen molar-refractivity contribution in [2.45, 2.75) is 32.2 Å². The molecule has 2 saturated heterocycles. The smallest absolute Gasteiger partial charge is 0.251 e. The minimum atomic E-state index is -0.385. The van der Waals surface area contributed by atoms with Gasteiger partial charge >= 0.3 is 0 Å². The Morgan fingerprint density at radius 1 is 1.03 bits per heavy atom. The number of nitrogens with zero attached hydrogens (tertiary/aromatic N) is 4. The fraction of sp³-hybridized carbons (Fsp3) is 0.435. The molecule has 1 aromatic carbocycles. The molecule has 0 radical (unpaired) electrons. The largest absolute Gasteiger partial charge is 0.494 e. The minimum absolute atomic E-state index is 0.133. The van der Waals surface area contributed by atoms with E-state index >= 15 is 0 Å². The number of benzene rings is 1. The molecule has 2 amide bonds. The van der Waals surface area contributed by atoms with Gasteiger partial charge in [-0.25, -0.2) is 9.88 Å². The molecule has 7 nitrogen and oxygen atoms in total. The molecular formula is C23H28N4O3. The average Bonchev–Trinajstić information content (AvgIpc) is 3.09. The first-order valence-electron chi connectivity index (χ1n) is 10.7. The molecule has 4 rings (SSSR count). The molecule has 0 spiro atoms. The summed E-state index contributed by atoms with van der Waals surface area (Å²) in [6.07, 6.45) is 4.10. The molecule has 1 aromatic heterocycles. The molecule has 2 aliphatic heterocycles. The lowest BCUT2D eigenvalue weighted by Gasteiger charge is -2.37. The summed E-state index contributed by atoms with van der Waals surface area (Å²) in [6, 6.07) is 12.7. The Bertz CT molecular complexity index is 864. The van der Waals surface area contributed by atoms with Crippen LogP contribution in [-0.4, -0.2) is 60.5 Å². The van der Waals surface area contributed by atoms with Crippen molar-refractivity contribution in [3.63, 3.8) is 0 Å². The predicted molar refractivity (Wildman–Crippen MR) is 116 cm³/mol. The minimum Gasteiger partial charge on any atom is -0.494 e. The molecule has 3 heterocycles. The fourth-order valence-corrected chi connectivity index (χ4v) is 4.00. The first-order chi connectivity index (χ1) is 14.7. The van der Waals surface area contributed by atoms with Gasteiger partial charge in [0.2, 0.25) is 5.91 Å². The number of unbranched alkanes of at least 4 members (excludes halogenated alkanes) is 1. The Kier molecular flexibility index (Phi) is 6.28. The van der Waals surface area contributed by atoms with E-state index < -0.39 is 0 Å². The monoisotopic (exact) mass is 408 g/mol. The Morgan fingerprint density at radius 2 is 1.80 bits per heavy atom. The van der Waals surface area contributed by atoms with E-state index in [4.69, 9.17) is 4.74 Å². The van der Waals surface area contributed by atoms with Gasteiger partial charge in [-0.3, -0.25) is 14.5 Å². The summed E-state index contributed by atoms with van der Waals surface area (Å²) in [5.41, 5.74) is 0.613. The van der Waals surface area contributed by atoms with Crippen molar-refractivity contribution < 1.29 is 14.3 Å². The van der Waals surface area contributed by atoms with Gasteiger partial charge in [-0.05, 0) is 42.8 Å². The second-order valence-corrected chi connectivity index (χ2v) is 7.69. The zero-order valence-electron chi connectivity index (χ0n) is 17.4. The van der Waals surface area contributed by atoms with Gasteiger partial charge in [-0.1, -0.05) is 19.4 Å². The topological polar surface area (TPSA) is 66.0 Å². The van der Waals surface area contributed by atoms with Crippen LogP contribution in [0.5, 0.6) is 5.75 Å². The van der Waals surface area contributed by atoms with Crippen molar-refractivity contribution in [1.29, 1.82) is 0 Å². The van der Waals surface area contributed by atoms with E-state index in [2.05, 4.69) is 21.7 Å². The van der Waals surface area contributed by atoms with Crippen molar-refractivity contribution in [1.82, 2.24) is 9.88 Å². The van der Waals surface area contributed by atoms with Crippen LogP contribution in [-0.2, 0) is 9.59 Å². The van der Waals surface area contributed by atoms with E-state index in [9.17, 15) is 9.59 Å². The number of imide groups is 1. The lowest BCUT2D eigenvalue weighted by molar-refractivity contribution is -0.123. The quantitative estimate of drug-likeness (QED) is 0.518. The van der Waals surface area contributed by atoms with Gasteiger partial charge in [-0.2, -0.15) is 0 Å². The summed E-state index contributed by atoms with van der Waals surface area (Å²) in [7, 11) is 0. The molecule has 0 bridgehead atoms. The molecule has 2 aromatic rings. The van der Waals surface area contributed by atoms with E-state index in [1.165, 1.54) is 4.90 Å². The van der Waals surface area contributed by atoms with E-state index in [-0.39, 0.29) is 24.3 Å². The third-order valence-corrected chi connectivity index (χ3v) is 5.71. The van der Waals surface area contributed by atoms with E-state index in [0.29, 0.717) is 12.3 Å². The number of carbonyl (C=O) groups excluding carboxylic acids is 2. The molecule has 158 valence electrons. The molecule has 0 aliphatic carbocycles. The second kappa shape index (κ2) is 9.26.